The van der Waals surface area contributed by atoms with E-state index in [1.54, 1.807) is 13.1 Å². The second-order valence-corrected chi connectivity index (χ2v) is 6.91. The van der Waals surface area contributed by atoms with Gasteiger partial charge in [0.2, 0.25) is 5.88 Å². The van der Waals surface area contributed by atoms with Gasteiger partial charge in [0.25, 0.3) is 5.56 Å². The van der Waals surface area contributed by atoms with Crippen LogP contribution in [0, 0.1) is 32.1 Å². The Balaban J connectivity index is 2.49. The maximum absolute atomic E-state index is 12.6. The van der Waals surface area contributed by atoms with Gasteiger partial charge in [0, 0.05) is 12.8 Å². The van der Waals surface area contributed by atoms with E-state index >= 15 is 0 Å². The Labute approximate surface area is 160 Å². The largest absolute Gasteiger partial charge is 0.494 e. The number of aliphatic imine (C=N–C) groups is 1. The molecule has 2 rings (SSSR count). The van der Waals surface area contributed by atoms with Crippen molar-refractivity contribution in [3.05, 3.63) is 56.4 Å². The van der Waals surface area contributed by atoms with Crippen molar-refractivity contribution in [2.24, 2.45) is 4.99 Å². The van der Waals surface area contributed by atoms with Crippen LogP contribution in [0.25, 0.3) is 0 Å². The molecule has 1 heterocycles. The first-order valence-corrected chi connectivity index (χ1v) is 9.38. The van der Waals surface area contributed by atoms with Gasteiger partial charge in [-0.3, -0.25) is 14.4 Å². The van der Waals surface area contributed by atoms with Gasteiger partial charge in [-0.05, 0) is 49.9 Å². The highest BCUT2D eigenvalue weighted by Gasteiger charge is 2.17. The Morgan fingerprint density at radius 3 is 2.63 bits per heavy atom. The SMILES string of the molecule is CCCCCCn1c(O)c(C=Nc2cc(C)ccc2C)c(C)c(C#N)c1=O. The van der Waals surface area contributed by atoms with E-state index in [0.717, 1.165) is 42.5 Å². The van der Waals surface area contributed by atoms with Crippen molar-refractivity contribution < 1.29 is 5.11 Å². The van der Waals surface area contributed by atoms with Gasteiger partial charge in [0.15, 0.2) is 0 Å². The molecule has 142 valence electrons. The van der Waals surface area contributed by atoms with Gasteiger partial charge >= 0.3 is 0 Å². The molecule has 0 aliphatic heterocycles. The Hall–Kier alpha value is -2.87. The summed E-state index contributed by atoms with van der Waals surface area (Å²) < 4.78 is 1.30. The van der Waals surface area contributed by atoms with Crippen LogP contribution >= 0.6 is 0 Å². The fourth-order valence-electron chi connectivity index (χ4n) is 3.02. The van der Waals surface area contributed by atoms with E-state index in [1.807, 2.05) is 38.1 Å². The van der Waals surface area contributed by atoms with E-state index in [0.29, 0.717) is 17.7 Å². The van der Waals surface area contributed by atoms with Crippen molar-refractivity contribution >= 4 is 11.9 Å². The molecule has 0 bridgehead atoms. The topological polar surface area (TPSA) is 78.4 Å². The fraction of sp³-hybridized carbons (Fsp3) is 0.409. The molecule has 1 aromatic carbocycles. The number of aromatic nitrogens is 1. The lowest BCUT2D eigenvalue weighted by Crippen LogP contribution is -2.25. The molecule has 0 saturated carbocycles. The highest BCUT2D eigenvalue weighted by Crippen LogP contribution is 2.24. The number of pyridine rings is 1. The maximum Gasteiger partial charge on any atom is 0.271 e. The molecule has 0 aliphatic carbocycles. The minimum atomic E-state index is -0.437. The summed E-state index contributed by atoms with van der Waals surface area (Å²) in [6.45, 7) is 8.14. The van der Waals surface area contributed by atoms with Crippen LogP contribution in [0.3, 0.4) is 0 Å². The standard InChI is InChI=1S/C22H27N3O2/c1-5-6-7-8-11-25-21(26)18(13-23)17(4)19(22(25)27)14-24-20-12-15(2)9-10-16(20)3/h9-10,12,14,27H,5-8,11H2,1-4H3. The van der Waals surface area contributed by atoms with E-state index in [4.69, 9.17) is 0 Å². The summed E-state index contributed by atoms with van der Waals surface area (Å²) in [4.78, 5) is 17.1. The third-order valence-corrected chi connectivity index (χ3v) is 4.78. The molecular formula is C22H27N3O2. The number of rotatable bonds is 7. The summed E-state index contributed by atoms with van der Waals surface area (Å²) in [5.74, 6) is -0.123. The predicted octanol–water partition coefficient (Wildman–Crippen LogP) is 4.68. The van der Waals surface area contributed by atoms with Gasteiger partial charge in [0.05, 0.1) is 11.3 Å². The van der Waals surface area contributed by atoms with E-state index < -0.39 is 5.56 Å². The molecule has 5 heteroatoms. The lowest BCUT2D eigenvalue weighted by atomic mass is 10.1. The number of nitriles is 1. The summed E-state index contributed by atoms with van der Waals surface area (Å²) >= 11 is 0. The third kappa shape index (κ3) is 4.65. The van der Waals surface area contributed by atoms with Crippen LogP contribution in [0.2, 0.25) is 0 Å². The van der Waals surface area contributed by atoms with Gasteiger partial charge < -0.3 is 5.11 Å². The normalized spacial score (nSPS) is 11.1. The summed E-state index contributed by atoms with van der Waals surface area (Å²) in [6.07, 6.45) is 5.47. The molecule has 0 saturated heterocycles. The third-order valence-electron chi connectivity index (χ3n) is 4.78. The number of hydrogen-bond acceptors (Lipinski definition) is 4. The highest BCUT2D eigenvalue weighted by atomic mass is 16.3. The van der Waals surface area contributed by atoms with E-state index in [-0.39, 0.29) is 11.4 Å². The molecule has 2 aromatic rings. The fourth-order valence-corrected chi connectivity index (χ4v) is 3.02. The molecule has 0 fully saturated rings. The molecule has 27 heavy (non-hydrogen) atoms. The van der Waals surface area contributed by atoms with Crippen molar-refractivity contribution in [3.63, 3.8) is 0 Å². The van der Waals surface area contributed by atoms with Crippen molar-refractivity contribution in [1.82, 2.24) is 4.57 Å². The number of aromatic hydroxyl groups is 1. The average Bonchev–Trinajstić information content (AvgIpc) is 2.64. The first-order valence-electron chi connectivity index (χ1n) is 9.38. The van der Waals surface area contributed by atoms with Gasteiger partial charge in [-0.25, -0.2) is 0 Å². The number of hydrogen-bond donors (Lipinski definition) is 1. The molecule has 1 aromatic heterocycles. The molecule has 1 N–H and O–H groups in total. The Morgan fingerprint density at radius 2 is 1.96 bits per heavy atom. The average molecular weight is 365 g/mol. The Bertz CT molecular complexity index is 949. The van der Waals surface area contributed by atoms with Crippen LogP contribution in [0.5, 0.6) is 5.88 Å². The lowest BCUT2D eigenvalue weighted by Gasteiger charge is -2.14. The van der Waals surface area contributed by atoms with Crippen LogP contribution < -0.4 is 5.56 Å². The number of benzene rings is 1. The van der Waals surface area contributed by atoms with Gasteiger partial charge in [-0.15, -0.1) is 0 Å². The molecule has 0 aliphatic rings. The van der Waals surface area contributed by atoms with Crippen LogP contribution in [0.1, 0.15) is 60.4 Å². The summed E-state index contributed by atoms with van der Waals surface area (Å²) in [6, 6.07) is 7.95. The molecule has 5 nitrogen and oxygen atoms in total. The number of nitrogens with zero attached hydrogens (tertiary/aromatic N) is 3. The molecule has 0 amide bonds. The molecule has 0 atom stereocenters. The zero-order valence-electron chi connectivity index (χ0n) is 16.5. The van der Waals surface area contributed by atoms with Crippen LogP contribution in [0.4, 0.5) is 5.69 Å². The first kappa shape index (κ1) is 20.4. The molecule has 0 spiro atoms. The molecule has 0 radical (unpaired) electrons. The van der Waals surface area contributed by atoms with Gasteiger partial charge in [0.1, 0.15) is 11.6 Å². The number of unbranched alkanes of at least 4 members (excludes halogenated alkanes) is 3. The zero-order valence-corrected chi connectivity index (χ0v) is 16.5. The Kier molecular flexibility index (Phi) is 6.95. The summed E-state index contributed by atoms with van der Waals surface area (Å²) in [7, 11) is 0. The first-order chi connectivity index (χ1) is 12.9. The minimum Gasteiger partial charge on any atom is -0.494 e. The van der Waals surface area contributed by atoms with E-state index in [1.165, 1.54) is 4.57 Å². The van der Waals surface area contributed by atoms with Crippen molar-refractivity contribution in [1.29, 1.82) is 5.26 Å². The monoisotopic (exact) mass is 365 g/mol. The van der Waals surface area contributed by atoms with Crippen LogP contribution in [0.15, 0.2) is 28.0 Å². The molecular weight excluding hydrogens is 338 g/mol. The van der Waals surface area contributed by atoms with E-state index in [9.17, 15) is 15.2 Å². The summed E-state index contributed by atoms with van der Waals surface area (Å²) in [5, 5.41) is 20.1. The quantitative estimate of drug-likeness (QED) is 0.571. The summed E-state index contributed by atoms with van der Waals surface area (Å²) in [5.41, 5.74) is 3.41. The van der Waals surface area contributed by atoms with Gasteiger partial charge in [-0.2, -0.15) is 5.26 Å². The maximum atomic E-state index is 12.6. The van der Waals surface area contributed by atoms with Gasteiger partial charge in [-0.1, -0.05) is 38.3 Å². The molecule has 0 unspecified atom stereocenters. The van der Waals surface area contributed by atoms with Crippen LogP contribution in [-0.2, 0) is 6.54 Å². The van der Waals surface area contributed by atoms with E-state index in [2.05, 4.69) is 11.9 Å². The van der Waals surface area contributed by atoms with Crippen LogP contribution in [-0.4, -0.2) is 15.9 Å². The minimum absolute atomic E-state index is 0.0608. The predicted molar refractivity (Wildman–Crippen MR) is 109 cm³/mol. The zero-order chi connectivity index (χ0) is 20.0. The Morgan fingerprint density at radius 1 is 1.22 bits per heavy atom. The van der Waals surface area contributed by atoms with Crippen molar-refractivity contribution in [3.8, 4) is 11.9 Å². The lowest BCUT2D eigenvalue weighted by molar-refractivity contribution is 0.397. The second-order valence-electron chi connectivity index (χ2n) is 6.91. The second kappa shape index (κ2) is 9.18. The number of aryl methyl sites for hydroxylation is 2. The highest BCUT2D eigenvalue weighted by molar-refractivity contribution is 5.87. The van der Waals surface area contributed by atoms with Crippen molar-refractivity contribution in [2.45, 2.75) is 59.9 Å². The smallest absolute Gasteiger partial charge is 0.271 e. The van der Waals surface area contributed by atoms with Crippen molar-refractivity contribution in [2.75, 3.05) is 0 Å².